The number of carbonyl (C=O) groups is 3. The predicted molar refractivity (Wildman–Crippen MR) is 129 cm³/mol. The summed E-state index contributed by atoms with van der Waals surface area (Å²) in [4.78, 5) is 35.9. The van der Waals surface area contributed by atoms with Crippen molar-refractivity contribution in [1.82, 2.24) is 4.90 Å². The van der Waals surface area contributed by atoms with E-state index < -0.39 is 0 Å². The molecule has 1 aliphatic heterocycles. The van der Waals surface area contributed by atoms with Gasteiger partial charge >= 0.3 is 5.97 Å². The predicted octanol–water partition coefficient (Wildman–Crippen LogP) is 2.05. The van der Waals surface area contributed by atoms with Crippen LogP contribution in [-0.4, -0.2) is 95.2 Å². The molecule has 1 heterocycles. The largest absolute Gasteiger partial charge is 0.460 e. The summed E-state index contributed by atoms with van der Waals surface area (Å²) in [5, 5.41) is 3.30. The zero-order chi connectivity index (χ0) is 25.1. The van der Waals surface area contributed by atoms with Crippen LogP contribution in [0.25, 0.3) is 0 Å². The van der Waals surface area contributed by atoms with E-state index in [-0.39, 0.29) is 37.5 Å². The summed E-state index contributed by atoms with van der Waals surface area (Å²) in [5.41, 5.74) is 1.49. The van der Waals surface area contributed by atoms with Gasteiger partial charge < -0.3 is 29.0 Å². The monoisotopic (exact) mass is 492 g/mol. The summed E-state index contributed by atoms with van der Waals surface area (Å²) in [5.74, 6) is -0.997. The topological polar surface area (TPSA) is 113 Å². The number of nitrogens with one attached hydrogen (secondary N) is 1. The lowest BCUT2D eigenvalue weighted by molar-refractivity contribution is -0.137. The maximum Gasteiger partial charge on any atom is 0.338 e. The Morgan fingerprint density at radius 2 is 1.29 bits per heavy atom. The molecule has 1 aromatic carbocycles. The molecule has 0 aromatic heterocycles. The fourth-order valence-corrected chi connectivity index (χ4v) is 2.98. The third-order valence-corrected chi connectivity index (χ3v) is 4.92. The van der Waals surface area contributed by atoms with Crippen molar-refractivity contribution < 1.29 is 38.1 Å². The molecule has 0 radical (unpaired) electrons. The van der Waals surface area contributed by atoms with Crippen LogP contribution in [0.2, 0.25) is 0 Å². The first-order valence-corrected chi connectivity index (χ1v) is 12.0. The number of rotatable bonds is 20. The summed E-state index contributed by atoms with van der Waals surface area (Å²) in [7, 11) is 0. The molecule has 10 heteroatoms. The van der Waals surface area contributed by atoms with Gasteiger partial charge in [-0.1, -0.05) is 13.3 Å². The molecule has 0 unspecified atom stereocenters. The number of nitrogens with zero attached hydrogens (tertiary/aromatic N) is 1. The lowest BCUT2D eigenvalue weighted by Gasteiger charge is -2.13. The average Bonchev–Trinajstić information content (AvgIpc) is 3.19. The highest BCUT2D eigenvalue weighted by Gasteiger charge is 2.22. The van der Waals surface area contributed by atoms with Crippen LogP contribution in [0, 0.1) is 0 Å². The number of unbranched alkanes of at least 4 members (excludes halogenated alkanes) is 1. The van der Waals surface area contributed by atoms with E-state index in [0.29, 0.717) is 51.8 Å². The minimum absolute atomic E-state index is 0.176. The Morgan fingerprint density at radius 3 is 1.83 bits per heavy atom. The number of hydrogen-bond donors (Lipinski definition) is 1. The smallest absolute Gasteiger partial charge is 0.338 e. The van der Waals surface area contributed by atoms with E-state index in [1.54, 1.807) is 12.1 Å². The lowest BCUT2D eigenvalue weighted by atomic mass is 10.2. The number of esters is 1. The number of ether oxygens (including phenoxy) is 5. The van der Waals surface area contributed by atoms with E-state index in [1.807, 2.05) is 12.1 Å². The molecule has 0 atom stereocenters. The van der Waals surface area contributed by atoms with Gasteiger partial charge in [-0.2, -0.15) is 0 Å². The van der Waals surface area contributed by atoms with Gasteiger partial charge in [-0.25, -0.2) is 4.79 Å². The molecule has 1 N–H and O–H groups in total. The highest BCUT2D eigenvalue weighted by Crippen LogP contribution is 2.11. The lowest BCUT2D eigenvalue weighted by Crippen LogP contribution is -2.33. The van der Waals surface area contributed by atoms with Crippen molar-refractivity contribution in [2.75, 3.05) is 77.9 Å². The molecule has 0 spiro atoms. The molecule has 1 aromatic rings. The zero-order valence-electron chi connectivity index (χ0n) is 20.4. The van der Waals surface area contributed by atoms with Crippen LogP contribution in [0.4, 0.5) is 5.69 Å². The molecule has 0 bridgehead atoms. The molecule has 1 aliphatic rings. The third kappa shape index (κ3) is 11.9. The van der Waals surface area contributed by atoms with E-state index >= 15 is 0 Å². The number of imide groups is 1. The van der Waals surface area contributed by atoms with Gasteiger partial charge in [0.1, 0.15) is 6.61 Å². The fourth-order valence-electron chi connectivity index (χ4n) is 2.98. The van der Waals surface area contributed by atoms with Gasteiger partial charge in [0.15, 0.2) is 0 Å². The first kappa shape index (κ1) is 28.4. The molecule has 2 rings (SSSR count). The van der Waals surface area contributed by atoms with Gasteiger partial charge in [0.25, 0.3) is 11.8 Å². The number of hydrogen-bond acceptors (Lipinski definition) is 9. The second-order valence-corrected chi connectivity index (χ2v) is 7.60. The van der Waals surface area contributed by atoms with E-state index in [0.717, 1.165) is 30.0 Å². The van der Waals surface area contributed by atoms with Crippen LogP contribution < -0.4 is 5.32 Å². The first-order chi connectivity index (χ1) is 17.1. The molecule has 2 amide bonds. The fraction of sp³-hybridized carbons (Fsp3) is 0.560. The van der Waals surface area contributed by atoms with Crippen molar-refractivity contribution in [1.29, 1.82) is 0 Å². The molecule has 194 valence electrons. The molecule has 10 nitrogen and oxygen atoms in total. The first-order valence-electron chi connectivity index (χ1n) is 12.0. The van der Waals surface area contributed by atoms with Gasteiger partial charge in [-0.15, -0.1) is 0 Å². The van der Waals surface area contributed by atoms with Crippen molar-refractivity contribution in [2.45, 2.75) is 19.8 Å². The molecular weight excluding hydrogens is 456 g/mol. The summed E-state index contributed by atoms with van der Waals surface area (Å²) in [6.45, 7) is 6.43. The minimum atomic E-state index is -0.374. The second-order valence-electron chi connectivity index (χ2n) is 7.60. The normalized spacial score (nSPS) is 13.0. The Kier molecular flexibility index (Phi) is 14.3. The van der Waals surface area contributed by atoms with Gasteiger partial charge in [0, 0.05) is 24.4 Å². The van der Waals surface area contributed by atoms with Gasteiger partial charge in [-0.05, 0) is 30.7 Å². The van der Waals surface area contributed by atoms with Crippen LogP contribution in [0.15, 0.2) is 36.4 Å². The van der Waals surface area contributed by atoms with Crippen LogP contribution in [0.5, 0.6) is 0 Å². The summed E-state index contributed by atoms with van der Waals surface area (Å²) in [6, 6.07) is 7.24. The van der Waals surface area contributed by atoms with Crippen LogP contribution in [0.3, 0.4) is 0 Å². The third-order valence-electron chi connectivity index (χ3n) is 4.92. The Bertz CT molecular complexity index is 779. The van der Waals surface area contributed by atoms with E-state index in [9.17, 15) is 14.4 Å². The van der Waals surface area contributed by atoms with Crippen LogP contribution in [0.1, 0.15) is 30.1 Å². The second kappa shape index (κ2) is 17.6. The van der Waals surface area contributed by atoms with Gasteiger partial charge in [0.2, 0.25) is 0 Å². The standard InChI is InChI=1S/C25H36N2O8/c1-2-3-10-26-22-6-4-21(5-7-22)25(30)35-20-19-34-18-17-33-16-15-32-14-13-31-12-11-27-23(28)8-9-24(27)29/h4-9,26H,2-3,10-20H2,1H3. The van der Waals surface area contributed by atoms with Gasteiger partial charge in [-0.3, -0.25) is 14.5 Å². The summed E-state index contributed by atoms with van der Waals surface area (Å²) < 4.78 is 26.7. The summed E-state index contributed by atoms with van der Waals surface area (Å²) >= 11 is 0. The van der Waals surface area contributed by atoms with E-state index in [4.69, 9.17) is 23.7 Å². The zero-order valence-corrected chi connectivity index (χ0v) is 20.4. The molecular formula is C25H36N2O8. The van der Waals surface area contributed by atoms with Gasteiger partial charge in [0.05, 0.1) is 65.0 Å². The minimum Gasteiger partial charge on any atom is -0.460 e. The number of anilines is 1. The number of amides is 2. The van der Waals surface area contributed by atoms with Crippen molar-refractivity contribution in [3.8, 4) is 0 Å². The molecule has 0 aliphatic carbocycles. The number of benzene rings is 1. The van der Waals surface area contributed by atoms with Crippen molar-refractivity contribution >= 4 is 23.5 Å². The highest BCUT2D eigenvalue weighted by atomic mass is 16.6. The Labute approximate surface area is 206 Å². The maximum absolute atomic E-state index is 12.0. The molecule has 0 fully saturated rings. The average molecular weight is 493 g/mol. The molecule has 35 heavy (non-hydrogen) atoms. The van der Waals surface area contributed by atoms with Crippen molar-refractivity contribution in [3.63, 3.8) is 0 Å². The molecule has 0 saturated carbocycles. The summed E-state index contributed by atoms with van der Waals surface area (Å²) in [6.07, 6.45) is 4.73. The molecule has 0 saturated heterocycles. The van der Waals surface area contributed by atoms with Crippen molar-refractivity contribution in [2.24, 2.45) is 0 Å². The highest BCUT2D eigenvalue weighted by molar-refractivity contribution is 6.12. The quantitative estimate of drug-likeness (QED) is 0.166. The van der Waals surface area contributed by atoms with Crippen LogP contribution >= 0.6 is 0 Å². The maximum atomic E-state index is 12.0. The Hall–Kier alpha value is -2.79. The van der Waals surface area contributed by atoms with E-state index in [2.05, 4.69) is 12.2 Å². The Morgan fingerprint density at radius 1 is 0.771 bits per heavy atom. The number of carbonyl (C=O) groups excluding carboxylic acids is 3. The SMILES string of the molecule is CCCCNc1ccc(C(=O)OCCOCCOCCOCCOCCN2C(=O)C=CC2=O)cc1. The van der Waals surface area contributed by atoms with E-state index in [1.165, 1.54) is 12.2 Å². The Balaban J connectivity index is 1.34. The van der Waals surface area contributed by atoms with Crippen LogP contribution in [-0.2, 0) is 33.3 Å². The van der Waals surface area contributed by atoms with Crippen molar-refractivity contribution in [3.05, 3.63) is 42.0 Å².